The van der Waals surface area contributed by atoms with Crippen molar-refractivity contribution in [2.24, 2.45) is 0 Å². The van der Waals surface area contributed by atoms with E-state index >= 15 is 0 Å². The van der Waals surface area contributed by atoms with Crippen molar-refractivity contribution < 1.29 is 9.31 Å². The Morgan fingerprint density at radius 1 is 1.33 bits per heavy atom. The molecule has 0 aliphatic rings. The Balaban J connectivity index is 2.29. The molecule has 2 aromatic carbocycles. The van der Waals surface area contributed by atoms with Gasteiger partial charge in [-0.3, -0.25) is 10.1 Å². The van der Waals surface area contributed by atoms with Crippen LogP contribution in [0.3, 0.4) is 0 Å². The number of anilines is 1. The molecule has 2 aromatic rings. The lowest BCUT2D eigenvalue weighted by Crippen LogP contribution is -2.08. The minimum absolute atomic E-state index is 0.0199. The molecule has 0 fully saturated rings. The maximum atomic E-state index is 13.2. The summed E-state index contributed by atoms with van der Waals surface area (Å²) in [6, 6.07) is 8.84. The first-order chi connectivity index (χ1) is 9.88. The number of nitrogens with one attached hydrogen (secondary N) is 1. The fourth-order valence-electron chi connectivity index (χ4n) is 1.88. The Kier molecular flexibility index (Phi) is 4.80. The molecular weight excluding hydrogens is 363 g/mol. The van der Waals surface area contributed by atoms with Crippen LogP contribution in [0.5, 0.6) is 0 Å². The van der Waals surface area contributed by atoms with Gasteiger partial charge in [0.1, 0.15) is 11.5 Å². The molecule has 0 spiro atoms. The molecule has 0 aromatic heterocycles. The van der Waals surface area contributed by atoms with Gasteiger partial charge in [0.2, 0.25) is 0 Å². The van der Waals surface area contributed by atoms with Crippen molar-refractivity contribution in [1.29, 1.82) is 0 Å². The Morgan fingerprint density at radius 2 is 2.05 bits per heavy atom. The zero-order valence-electron chi connectivity index (χ0n) is 10.9. The molecule has 0 saturated heterocycles. The van der Waals surface area contributed by atoms with Crippen molar-refractivity contribution in [3.63, 3.8) is 0 Å². The minimum atomic E-state index is -0.498. The number of hydrogen-bond acceptors (Lipinski definition) is 3. The lowest BCUT2D eigenvalue weighted by atomic mass is 10.1. The van der Waals surface area contributed by atoms with Gasteiger partial charge in [-0.05, 0) is 36.8 Å². The van der Waals surface area contributed by atoms with E-state index in [1.807, 2.05) is 6.92 Å². The number of nitro benzene ring substituents is 1. The molecule has 0 heterocycles. The van der Waals surface area contributed by atoms with Gasteiger partial charge < -0.3 is 5.32 Å². The largest absolute Gasteiger partial charge is 0.373 e. The second-order valence-corrected chi connectivity index (χ2v) is 5.78. The summed E-state index contributed by atoms with van der Waals surface area (Å²) >= 11 is 8.95. The SMILES string of the molecule is CC(Nc1ccc(Br)cc1[N+](=O)[O-])c1ccc(F)c(Cl)c1. The average molecular weight is 374 g/mol. The number of nitro groups is 1. The van der Waals surface area contributed by atoms with E-state index in [-0.39, 0.29) is 16.8 Å². The predicted octanol–water partition coefficient (Wildman–Crippen LogP) is 5.32. The summed E-state index contributed by atoms with van der Waals surface area (Å²) in [7, 11) is 0. The van der Waals surface area contributed by atoms with Crippen LogP contribution in [-0.4, -0.2) is 4.92 Å². The van der Waals surface area contributed by atoms with E-state index < -0.39 is 10.7 Å². The molecule has 0 radical (unpaired) electrons. The minimum Gasteiger partial charge on any atom is -0.373 e. The van der Waals surface area contributed by atoms with Crippen molar-refractivity contribution in [1.82, 2.24) is 0 Å². The highest BCUT2D eigenvalue weighted by Gasteiger charge is 2.17. The van der Waals surface area contributed by atoms with Crippen LogP contribution in [0.4, 0.5) is 15.8 Å². The molecule has 1 unspecified atom stereocenters. The molecule has 4 nitrogen and oxygen atoms in total. The summed E-state index contributed by atoms with van der Waals surface area (Å²) in [4.78, 5) is 10.6. The van der Waals surface area contributed by atoms with Crippen LogP contribution in [0.25, 0.3) is 0 Å². The number of hydrogen-bond donors (Lipinski definition) is 1. The Morgan fingerprint density at radius 3 is 2.67 bits per heavy atom. The quantitative estimate of drug-likeness (QED) is 0.582. The molecule has 0 bridgehead atoms. The van der Waals surface area contributed by atoms with Crippen LogP contribution in [0.2, 0.25) is 5.02 Å². The normalized spacial score (nSPS) is 12.0. The third-order valence-electron chi connectivity index (χ3n) is 2.97. The fraction of sp³-hybridized carbons (Fsp3) is 0.143. The van der Waals surface area contributed by atoms with Crippen LogP contribution in [0.15, 0.2) is 40.9 Å². The fourth-order valence-corrected chi connectivity index (χ4v) is 2.41. The number of halogens is 3. The third kappa shape index (κ3) is 3.71. The van der Waals surface area contributed by atoms with Crippen molar-refractivity contribution in [2.75, 3.05) is 5.32 Å². The molecule has 0 amide bonds. The summed E-state index contributed by atoms with van der Waals surface area (Å²) in [6.45, 7) is 1.81. The van der Waals surface area contributed by atoms with Gasteiger partial charge in [-0.1, -0.05) is 33.6 Å². The summed E-state index contributed by atoms with van der Waals surface area (Å²) < 4.78 is 13.8. The molecule has 0 aliphatic heterocycles. The van der Waals surface area contributed by atoms with Gasteiger partial charge in [0.05, 0.1) is 9.95 Å². The molecular formula is C14H11BrClFN2O2. The second kappa shape index (κ2) is 6.41. The van der Waals surface area contributed by atoms with E-state index in [9.17, 15) is 14.5 Å². The Hall–Kier alpha value is -1.66. The number of nitrogens with zero attached hydrogens (tertiary/aromatic N) is 1. The predicted molar refractivity (Wildman–Crippen MR) is 84.2 cm³/mol. The van der Waals surface area contributed by atoms with E-state index in [4.69, 9.17) is 11.6 Å². The summed E-state index contributed by atoms with van der Waals surface area (Å²) in [6.07, 6.45) is 0. The van der Waals surface area contributed by atoms with Crippen LogP contribution < -0.4 is 5.32 Å². The second-order valence-electron chi connectivity index (χ2n) is 4.46. The molecule has 1 atom stereocenters. The average Bonchev–Trinajstić information content (AvgIpc) is 2.43. The van der Waals surface area contributed by atoms with E-state index in [2.05, 4.69) is 21.2 Å². The highest BCUT2D eigenvalue weighted by atomic mass is 79.9. The Bertz CT molecular complexity index is 697. The highest BCUT2D eigenvalue weighted by Crippen LogP contribution is 2.31. The smallest absolute Gasteiger partial charge is 0.293 e. The van der Waals surface area contributed by atoms with Crippen LogP contribution in [0, 0.1) is 15.9 Å². The zero-order chi connectivity index (χ0) is 15.6. The number of benzene rings is 2. The van der Waals surface area contributed by atoms with Crippen molar-refractivity contribution >= 4 is 38.9 Å². The van der Waals surface area contributed by atoms with Gasteiger partial charge in [-0.2, -0.15) is 0 Å². The van der Waals surface area contributed by atoms with E-state index in [0.717, 1.165) is 5.56 Å². The summed E-state index contributed by atoms with van der Waals surface area (Å²) in [5.74, 6) is -0.498. The van der Waals surface area contributed by atoms with Crippen molar-refractivity contribution in [3.8, 4) is 0 Å². The summed E-state index contributed by atoms with van der Waals surface area (Å²) in [5, 5.41) is 14.1. The molecule has 7 heteroatoms. The molecule has 110 valence electrons. The van der Waals surface area contributed by atoms with Gasteiger partial charge >= 0.3 is 0 Å². The first kappa shape index (κ1) is 15.7. The lowest BCUT2D eigenvalue weighted by molar-refractivity contribution is -0.384. The number of rotatable bonds is 4. The third-order valence-corrected chi connectivity index (χ3v) is 3.76. The van der Waals surface area contributed by atoms with E-state index in [1.165, 1.54) is 18.2 Å². The van der Waals surface area contributed by atoms with Crippen molar-refractivity contribution in [3.05, 3.63) is 67.4 Å². The monoisotopic (exact) mass is 372 g/mol. The maximum Gasteiger partial charge on any atom is 0.293 e. The van der Waals surface area contributed by atoms with E-state index in [0.29, 0.717) is 10.2 Å². The standard InChI is InChI=1S/C14H11BrClFN2O2/c1-8(9-2-4-12(17)11(16)6-9)18-13-5-3-10(15)7-14(13)19(20)21/h2-8,18H,1H3. The first-order valence-electron chi connectivity index (χ1n) is 6.04. The molecule has 21 heavy (non-hydrogen) atoms. The van der Waals surface area contributed by atoms with Crippen LogP contribution in [0.1, 0.15) is 18.5 Å². The zero-order valence-corrected chi connectivity index (χ0v) is 13.3. The molecule has 2 rings (SSSR count). The van der Waals surface area contributed by atoms with Gasteiger partial charge in [0.25, 0.3) is 5.69 Å². The maximum absolute atomic E-state index is 13.2. The Labute approximate surface area is 134 Å². The van der Waals surface area contributed by atoms with Gasteiger partial charge in [-0.25, -0.2) is 4.39 Å². The molecule has 1 N–H and O–H groups in total. The van der Waals surface area contributed by atoms with Gasteiger partial charge in [0, 0.05) is 16.6 Å². The highest BCUT2D eigenvalue weighted by molar-refractivity contribution is 9.10. The van der Waals surface area contributed by atoms with Crippen molar-refractivity contribution in [2.45, 2.75) is 13.0 Å². The van der Waals surface area contributed by atoms with Gasteiger partial charge in [0.15, 0.2) is 0 Å². The van der Waals surface area contributed by atoms with Crippen LogP contribution >= 0.6 is 27.5 Å². The molecule has 0 aliphatic carbocycles. The lowest BCUT2D eigenvalue weighted by Gasteiger charge is -2.16. The van der Waals surface area contributed by atoms with E-state index in [1.54, 1.807) is 18.2 Å². The van der Waals surface area contributed by atoms with Gasteiger partial charge in [-0.15, -0.1) is 0 Å². The topological polar surface area (TPSA) is 55.2 Å². The first-order valence-corrected chi connectivity index (χ1v) is 7.21. The summed E-state index contributed by atoms with van der Waals surface area (Å²) in [5.41, 5.74) is 1.08. The molecule has 0 saturated carbocycles. The van der Waals surface area contributed by atoms with Crippen LogP contribution in [-0.2, 0) is 0 Å².